The third-order valence-electron chi connectivity index (χ3n) is 5.14. The van der Waals surface area contributed by atoms with Crippen molar-refractivity contribution in [2.45, 2.75) is 70.0 Å². The summed E-state index contributed by atoms with van der Waals surface area (Å²) in [5, 5.41) is 9.79. The van der Waals surface area contributed by atoms with E-state index in [1.165, 1.54) is 37.7 Å². The van der Waals surface area contributed by atoms with Crippen LogP contribution < -0.4 is 4.74 Å². The van der Waals surface area contributed by atoms with Crippen LogP contribution in [0.15, 0.2) is 24.3 Å². The molecule has 0 bridgehead atoms. The lowest BCUT2D eigenvalue weighted by Gasteiger charge is -2.41. The SMILES string of the molecule is CCC1C(O)CC1c1ccc(OC2CCCCC2)cc1. The smallest absolute Gasteiger partial charge is 0.119 e. The Morgan fingerprint density at radius 3 is 2.40 bits per heavy atom. The molecule has 0 saturated heterocycles. The molecule has 0 spiro atoms. The second-order valence-corrected chi connectivity index (χ2v) is 6.43. The second kappa shape index (κ2) is 6.17. The fraction of sp³-hybridized carbons (Fsp3) is 0.667. The van der Waals surface area contributed by atoms with Crippen molar-refractivity contribution in [3.8, 4) is 5.75 Å². The van der Waals surface area contributed by atoms with E-state index in [0.717, 1.165) is 18.6 Å². The van der Waals surface area contributed by atoms with Gasteiger partial charge in [0.2, 0.25) is 0 Å². The predicted octanol–water partition coefficient (Wildman–Crippen LogP) is 4.27. The Labute approximate surface area is 122 Å². The van der Waals surface area contributed by atoms with E-state index >= 15 is 0 Å². The third-order valence-corrected chi connectivity index (χ3v) is 5.14. The lowest BCUT2D eigenvalue weighted by Crippen LogP contribution is -2.38. The highest BCUT2D eigenvalue weighted by Gasteiger charge is 2.39. The van der Waals surface area contributed by atoms with Crippen LogP contribution in [0.2, 0.25) is 0 Å². The van der Waals surface area contributed by atoms with Gasteiger partial charge in [-0.25, -0.2) is 0 Å². The predicted molar refractivity (Wildman–Crippen MR) is 81.1 cm³/mol. The Hall–Kier alpha value is -1.02. The van der Waals surface area contributed by atoms with Crippen molar-refractivity contribution in [1.82, 2.24) is 0 Å². The van der Waals surface area contributed by atoms with Gasteiger partial charge in [-0.3, -0.25) is 0 Å². The topological polar surface area (TPSA) is 29.5 Å². The Morgan fingerprint density at radius 2 is 1.80 bits per heavy atom. The Morgan fingerprint density at radius 1 is 1.10 bits per heavy atom. The average molecular weight is 274 g/mol. The molecule has 20 heavy (non-hydrogen) atoms. The molecule has 2 heteroatoms. The van der Waals surface area contributed by atoms with Crippen LogP contribution in [-0.4, -0.2) is 17.3 Å². The molecule has 2 aliphatic carbocycles. The molecule has 3 unspecified atom stereocenters. The standard InChI is InChI=1S/C18H26O2/c1-2-16-17(12-18(16)19)13-8-10-15(11-9-13)20-14-6-4-3-5-7-14/h8-11,14,16-19H,2-7,12H2,1H3. The highest BCUT2D eigenvalue weighted by Crippen LogP contribution is 2.44. The van der Waals surface area contributed by atoms with Crippen molar-refractivity contribution in [2.75, 3.05) is 0 Å². The molecule has 1 N–H and O–H groups in total. The van der Waals surface area contributed by atoms with Crippen LogP contribution >= 0.6 is 0 Å². The van der Waals surface area contributed by atoms with E-state index in [9.17, 15) is 5.11 Å². The summed E-state index contributed by atoms with van der Waals surface area (Å²) in [5.74, 6) is 1.99. The van der Waals surface area contributed by atoms with Gasteiger partial charge >= 0.3 is 0 Å². The van der Waals surface area contributed by atoms with Crippen LogP contribution in [0.4, 0.5) is 0 Å². The van der Waals surface area contributed by atoms with E-state index in [1.54, 1.807) is 0 Å². The molecule has 3 atom stereocenters. The largest absolute Gasteiger partial charge is 0.490 e. The zero-order chi connectivity index (χ0) is 13.9. The molecule has 2 fully saturated rings. The van der Waals surface area contributed by atoms with E-state index in [1.807, 2.05) is 0 Å². The first-order valence-corrected chi connectivity index (χ1v) is 8.22. The number of aliphatic hydroxyl groups excluding tert-OH is 1. The first kappa shape index (κ1) is 13.9. The molecule has 110 valence electrons. The van der Waals surface area contributed by atoms with Gasteiger partial charge < -0.3 is 9.84 Å². The van der Waals surface area contributed by atoms with Crippen molar-refractivity contribution in [3.05, 3.63) is 29.8 Å². The molecule has 0 heterocycles. The summed E-state index contributed by atoms with van der Waals surface area (Å²) in [5.41, 5.74) is 1.36. The summed E-state index contributed by atoms with van der Waals surface area (Å²) in [6.07, 6.45) is 8.69. The van der Waals surface area contributed by atoms with Crippen LogP contribution in [-0.2, 0) is 0 Å². The number of hydrogen-bond acceptors (Lipinski definition) is 2. The molecule has 1 aromatic rings. The van der Waals surface area contributed by atoms with Gasteiger partial charge in [0, 0.05) is 0 Å². The van der Waals surface area contributed by atoms with Gasteiger partial charge in [-0.05, 0) is 61.6 Å². The monoisotopic (exact) mass is 274 g/mol. The molecule has 2 aliphatic rings. The number of aliphatic hydroxyl groups is 1. The average Bonchev–Trinajstić information content (AvgIpc) is 2.47. The van der Waals surface area contributed by atoms with Crippen LogP contribution in [0.1, 0.15) is 63.4 Å². The molecule has 2 nitrogen and oxygen atoms in total. The molecule has 0 aliphatic heterocycles. The van der Waals surface area contributed by atoms with Crippen molar-refractivity contribution in [2.24, 2.45) is 5.92 Å². The van der Waals surface area contributed by atoms with Crippen LogP contribution in [0.5, 0.6) is 5.75 Å². The van der Waals surface area contributed by atoms with Gasteiger partial charge in [0.05, 0.1) is 12.2 Å². The van der Waals surface area contributed by atoms with Gasteiger partial charge in [0.25, 0.3) is 0 Å². The second-order valence-electron chi connectivity index (χ2n) is 6.43. The minimum absolute atomic E-state index is 0.0943. The maximum atomic E-state index is 9.79. The summed E-state index contributed by atoms with van der Waals surface area (Å²) in [7, 11) is 0. The fourth-order valence-electron chi connectivity index (χ4n) is 3.79. The number of ether oxygens (including phenoxy) is 1. The van der Waals surface area contributed by atoms with Crippen LogP contribution in [0.25, 0.3) is 0 Å². The number of rotatable bonds is 4. The zero-order valence-corrected chi connectivity index (χ0v) is 12.4. The summed E-state index contributed by atoms with van der Waals surface area (Å²) >= 11 is 0. The molecule has 3 rings (SSSR count). The van der Waals surface area contributed by atoms with Gasteiger partial charge in [0.1, 0.15) is 5.75 Å². The van der Waals surface area contributed by atoms with Crippen molar-refractivity contribution in [3.63, 3.8) is 0 Å². The highest BCUT2D eigenvalue weighted by atomic mass is 16.5. The maximum absolute atomic E-state index is 9.79. The summed E-state index contributed by atoms with van der Waals surface area (Å²) in [6.45, 7) is 2.17. The molecule has 0 amide bonds. The summed E-state index contributed by atoms with van der Waals surface area (Å²) < 4.78 is 6.07. The number of hydrogen-bond donors (Lipinski definition) is 1. The molecule has 2 saturated carbocycles. The van der Waals surface area contributed by atoms with Crippen molar-refractivity contribution in [1.29, 1.82) is 0 Å². The molecular weight excluding hydrogens is 248 g/mol. The number of benzene rings is 1. The lowest BCUT2D eigenvalue weighted by molar-refractivity contribution is -0.000744. The fourth-order valence-corrected chi connectivity index (χ4v) is 3.79. The minimum atomic E-state index is -0.0943. The van der Waals surface area contributed by atoms with E-state index in [2.05, 4.69) is 31.2 Å². The van der Waals surface area contributed by atoms with Crippen molar-refractivity contribution < 1.29 is 9.84 Å². The Bertz CT molecular complexity index is 420. The highest BCUT2D eigenvalue weighted by molar-refractivity contribution is 5.31. The Kier molecular flexibility index (Phi) is 4.30. The minimum Gasteiger partial charge on any atom is -0.490 e. The lowest BCUT2D eigenvalue weighted by atomic mass is 9.66. The van der Waals surface area contributed by atoms with Crippen LogP contribution in [0, 0.1) is 5.92 Å². The molecule has 0 radical (unpaired) electrons. The van der Waals surface area contributed by atoms with E-state index in [4.69, 9.17) is 4.74 Å². The van der Waals surface area contributed by atoms with Crippen molar-refractivity contribution >= 4 is 0 Å². The van der Waals surface area contributed by atoms with Gasteiger partial charge in [0.15, 0.2) is 0 Å². The van der Waals surface area contributed by atoms with Crippen LogP contribution in [0.3, 0.4) is 0 Å². The molecule has 0 aromatic heterocycles. The summed E-state index contributed by atoms with van der Waals surface area (Å²) in [6, 6.07) is 8.61. The molecule has 1 aromatic carbocycles. The molecular formula is C18H26O2. The zero-order valence-electron chi connectivity index (χ0n) is 12.4. The van der Waals surface area contributed by atoms with Gasteiger partial charge in [-0.1, -0.05) is 31.9 Å². The van der Waals surface area contributed by atoms with E-state index in [0.29, 0.717) is 17.9 Å². The first-order chi connectivity index (χ1) is 9.78. The Balaban J connectivity index is 1.60. The quantitative estimate of drug-likeness (QED) is 0.888. The van der Waals surface area contributed by atoms with E-state index < -0.39 is 0 Å². The third kappa shape index (κ3) is 2.85. The van der Waals surface area contributed by atoms with E-state index in [-0.39, 0.29) is 6.10 Å². The summed E-state index contributed by atoms with van der Waals surface area (Å²) in [4.78, 5) is 0. The normalized spacial score (nSPS) is 30.8. The maximum Gasteiger partial charge on any atom is 0.119 e. The van der Waals surface area contributed by atoms with Gasteiger partial charge in [-0.2, -0.15) is 0 Å². The first-order valence-electron chi connectivity index (χ1n) is 8.22. The van der Waals surface area contributed by atoms with Gasteiger partial charge in [-0.15, -0.1) is 0 Å².